The van der Waals surface area contributed by atoms with Crippen LogP contribution in [0.15, 0.2) is 59.5 Å². The minimum Gasteiger partial charge on any atom is -0.478 e. The second kappa shape index (κ2) is 11.7. The monoisotopic (exact) mass is 357 g/mol. The number of aromatic carboxylic acids is 1. The summed E-state index contributed by atoms with van der Waals surface area (Å²) in [7, 11) is 0. The molecular formula is C21H27NO2S. The van der Waals surface area contributed by atoms with E-state index in [2.05, 4.69) is 35.6 Å². The third kappa shape index (κ3) is 7.76. The number of rotatable bonds is 12. The van der Waals surface area contributed by atoms with Crippen LogP contribution in [0.4, 0.5) is 0 Å². The predicted molar refractivity (Wildman–Crippen MR) is 106 cm³/mol. The van der Waals surface area contributed by atoms with Gasteiger partial charge in [0.25, 0.3) is 0 Å². The molecule has 0 bridgehead atoms. The number of carbonyl (C=O) groups is 1. The molecule has 0 aliphatic carbocycles. The highest BCUT2D eigenvalue weighted by molar-refractivity contribution is 7.99. The zero-order valence-electron chi connectivity index (χ0n) is 14.6. The van der Waals surface area contributed by atoms with Gasteiger partial charge >= 0.3 is 5.97 Å². The van der Waals surface area contributed by atoms with Crippen molar-refractivity contribution in [1.82, 2.24) is 5.32 Å². The zero-order valence-corrected chi connectivity index (χ0v) is 15.4. The Kier molecular flexibility index (Phi) is 9.16. The van der Waals surface area contributed by atoms with E-state index in [1.807, 2.05) is 12.1 Å². The highest BCUT2D eigenvalue weighted by Gasteiger charge is 2.08. The average Bonchev–Trinajstić information content (AvgIpc) is 2.64. The lowest BCUT2D eigenvalue weighted by Crippen LogP contribution is -2.17. The molecule has 2 rings (SSSR count). The van der Waals surface area contributed by atoms with E-state index >= 15 is 0 Å². The third-order valence-electron chi connectivity index (χ3n) is 4.03. The van der Waals surface area contributed by atoms with Crippen LogP contribution in [-0.4, -0.2) is 29.9 Å². The smallest absolute Gasteiger partial charge is 0.336 e. The first kappa shape index (κ1) is 19.5. The van der Waals surface area contributed by atoms with Gasteiger partial charge in [-0.15, -0.1) is 11.8 Å². The highest BCUT2D eigenvalue weighted by Crippen LogP contribution is 2.23. The lowest BCUT2D eigenvalue weighted by Gasteiger charge is -2.06. The maximum absolute atomic E-state index is 11.2. The number of hydrogen-bond acceptors (Lipinski definition) is 3. The molecule has 2 aromatic carbocycles. The molecule has 3 nitrogen and oxygen atoms in total. The molecule has 0 aromatic heterocycles. The molecule has 0 unspecified atom stereocenters. The topological polar surface area (TPSA) is 49.3 Å². The standard InChI is InChI=1S/C21H27NO2S/c23-21(24)19-13-5-6-14-20(19)25-17-8-2-7-15-22-16-9-12-18-10-3-1-4-11-18/h1,3-6,10-11,13-14,22H,2,7-9,12,15-17H2,(H,23,24). The summed E-state index contributed by atoms with van der Waals surface area (Å²) in [6.07, 6.45) is 5.77. The summed E-state index contributed by atoms with van der Waals surface area (Å²) in [6.45, 7) is 2.13. The van der Waals surface area contributed by atoms with Gasteiger partial charge in [0.2, 0.25) is 0 Å². The number of benzene rings is 2. The van der Waals surface area contributed by atoms with Gasteiger partial charge in [-0.05, 0) is 62.2 Å². The summed E-state index contributed by atoms with van der Waals surface area (Å²) < 4.78 is 0. The quantitative estimate of drug-likeness (QED) is 0.420. The van der Waals surface area contributed by atoms with Gasteiger partial charge in [-0.25, -0.2) is 4.79 Å². The van der Waals surface area contributed by atoms with Crippen molar-refractivity contribution in [2.24, 2.45) is 0 Å². The van der Waals surface area contributed by atoms with E-state index in [9.17, 15) is 4.79 Å². The summed E-state index contributed by atoms with van der Waals surface area (Å²) in [5, 5.41) is 12.7. The van der Waals surface area contributed by atoms with E-state index in [4.69, 9.17) is 5.11 Å². The van der Waals surface area contributed by atoms with Crippen LogP contribution in [0.2, 0.25) is 0 Å². The fourth-order valence-corrected chi connectivity index (χ4v) is 3.72. The number of thioether (sulfide) groups is 1. The third-order valence-corrected chi connectivity index (χ3v) is 5.19. The largest absolute Gasteiger partial charge is 0.478 e. The molecule has 0 saturated heterocycles. The lowest BCUT2D eigenvalue weighted by atomic mass is 10.1. The van der Waals surface area contributed by atoms with Crippen LogP contribution in [0.25, 0.3) is 0 Å². The number of carboxylic acids is 1. The summed E-state index contributed by atoms with van der Waals surface area (Å²) in [5.41, 5.74) is 1.82. The lowest BCUT2D eigenvalue weighted by molar-refractivity contribution is 0.0693. The molecule has 2 N–H and O–H groups in total. The molecule has 4 heteroatoms. The number of hydrogen-bond donors (Lipinski definition) is 2. The highest BCUT2D eigenvalue weighted by atomic mass is 32.2. The summed E-state index contributed by atoms with van der Waals surface area (Å²) in [6, 6.07) is 17.8. The van der Waals surface area contributed by atoms with Crippen molar-refractivity contribution in [3.05, 3.63) is 65.7 Å². The Morgan fingerprint density at radius 3 is 2.40 bits per heavy atom. The second-order valence-electron chi connectivity index (χ2n) is 6.05. The molecule has 134 valence electrons. The fraction of sp³-hybridized carbons (Fsp3) is 0.381. The van der Waals surface area contributed by atoms with Crippen molar-refractivity contribution in [2.75, 3.05) is 18.8 Å². The molecule has 0 aliphatic rings. The van der Waals surface area contributed by atoms with Crippen molar-refractivity contribution in [3.8, 4) is 0 Å². The van der Waals surface area contributed by atoms with Crippen LogP contribution in [0.1, 0.15) is 41.6 Å². The molecule has 0 saturated carbocycles. The van der Waals surface area contributed by atoms with Crippen molar-refractivity contribution in [2.45, 2.75) is 37.0 Å². The molecule has 2 aromatic rings. The zero-order chi connectivity index (χ0) is 17.7. The number of nitrogens with one attached hydrogen (secondary N) is 1. The molecule has 0 fully saturated rings. The van der Waals surface area contributed by atoms with Crippen LogP contribution >= 0.6 is 11.8 Å². The van der Waals surface area contributed by atoms with E-state index in [0.29, 0.717) is 5.56 Å². The van der Waals surface area contributed by atoms with Gasteiger partial charge in [0, 0.05) is 4.90 Å². The SMILES string of the molecule is O=C(O)c1ccccc1SCCCCCNCCCc1ccccc1. The van der Waals surface area contributed by atoms with E-state index in [0.717, 1.165) is 36.6 Å². The second-order valence-corrected chi connectivity index (χ2v) is 7.19. The molecule has 0 heterocycles. The molecule has 0 atom stereocenters. The maximum Gasteiger partial charge on any atom is 0.336 e. The molecule has 25 heavy (non-hydrogen) atoms. The molecule has 0 spiro atoms. The first-order chi connectivity index (χ1) is 12.3. The Morgan fingerprint density at radius 2 is 1.60 bits per heavy atom. The van der Waals surface area contributed by atoms with Crippen LogP contribution in [0.3, 0.4) is 0 Å². The minimum absolute atomic E-state index is 0.410. The van der Waals surface area contributed by atoms with Gasteiger partial charge in [-0.3, -0.25) is 0 Å². The van der Waals surface area contributed by atoms with Gasteiger partial charge in [0.1, 0.15) is 0 Å². The maximum atomic E-state index is 11.2. The first-order valence-electron chi connectivity index (χ1n) is 8.97. The van der Waals surface area contributed by atoms with Crippen LogP contribution in [0.5, 0.6) is 0 Å². The fourth-order valence-electron chi connectivity index (χ4n) is 2.67. The average molecular weight is 358 g/mol. The molecular weight excluding hydrogens is 330 g/mol. The van der Waals surface area contributed by atoms with Crippen LogP contribution < -0.4 is 5.32 Å². The summed E-state index contributed by atoms with van der Waals surface area (Å²) in [5.74, 6) is 0.126. The van der Waals surface area contributed by atoms with Crippen molar-refractivity contribution < 1.29 is 9.90 Å². The summed E-state index contributed by atoms with van der Waals surface area (Å²) in [4.78, 5) is 12.0. The Bertz CT molecular complexity index is 631. The van der Waals surface area contributed by atoms with Gasteiger partial charge in [-0.1, -0.05) is 48.9 Å². The molecule has 0 aliphatic heterocycles. The number of carboxylic acid groups (broad SMARTS) is 1. The van der Waals surface area contributed by atoms with Gasteiger partial charge < -0.3 is 10.4 Å². The Morgan fingerprint density at radius 1 is 0.880 bits per heavy atom. The van der Waals surface area contributed by atoms with E-state index in [-0.39, 0.29) is 0 Å². The van der Waals surface area contributed by atoms with E-state index < -0.39 is 5.97 Å². The number of aryl methyl sites for hydroxylation is 1. The minimum atomic E-state index is -0.845. The van der Waals surface area contributed by atoms with Crippen LogP contribution in [-0.2, 0) is 6.42 Å². The van der Waals surface area contributed by atoms with E-state index in [1.165, 1.54) is 24.8 Å². The Hall–Kier alpha value is -1.78. The van der Waals surface area contributed by atoms with Crippen LogP contribution in [0, 0.1) is 0 Å². The Labute approximate surface area is 154 Å². The van der Waals surface area contributed by atoms with Crippen molar-refractivity contribution in [1.29, 1.82) is 0 Å². The Balaban J connectivity index is 1.47. The normalized spacial score (nSPS) is 10.7. The van der Waals surface area contributed by atoms with Gasteiger partial charge in [0.15, 0.2) is 0 Å². The summed E-state index contributed by atoms with van der Waals surface area (Å²) >= 11 is 1.64. The number of unbranched alkanes of at least 4 members (excludes halogenated alkanes) is 2. The first-order valence-corrected chi connectivity index (χ1v) is 9.95. The molecule has 0 amide bonds. The molecule has 0 radical (unpaired) electrons. The van der Waals surface area contributed by atoms with Gasteiger partial charge in [-0.2, -0.15) is 0 Å². The van der Waals surface area contributed by atoms with Gasteiger partial charge in [0.05, 0.1) is 5.56 Å². The predicted octanol–water partition coefficient (Wildman–Crippen LogP) is 4.87. The van der Waals surface area contributed by atoms with E-state index in [1.54, 1.807) is 23.9 Å². The van der Waals surface area contributed by atoms with Crippen molar-refractivity contribution >= 4 is 17.7 Å². The van der Waals surface area contributed by atoms with Crippen molar-refractivity contribution in [3.63, 3.8) is 0 Å².